The van der Waals surface area contributed by atoms with Crippen LogP contribution < -0.4 is 11.1 Å². The van der Waals surface area contributed by atoms with Crippen LogP contribution in [0, 0.1) is 0 Å². The van der Waals surface area contributed by atoms with Crippen LogP contribution in [0.2, 0.25) is 0 Å². The third-order valence-electron chi connectivity index (χ3n) is 4.16. The van der Waals surface area contributed by atoms with Crippen LogP contribution in [0.1, 0.15) is 38.2 Å². The number of para-hydroxylation sites is 1. The number of amides is 2. The highest BCUT2D eigenvalue weighted by molar-refractivity contribution is 5.98. The van der Waals surface area contributed by atoms with E-state index in [0.29, 0.717) is 6.54 Å². The lowest BCUT2D eigenvalue weighted by molar-refractivity contribution is -0.128. The molecule has 1 aromatic carbocycles. The van der Waals surface area contributed by atoms with E-state index in [-0.39, 0.29) is 11.8 Å². The van der Waals surface area contributed by atoms with Gasteiger partial charge in [0.05, 0.1) is 5.54 Å². The second-order valence-corrected chi connectivity index (χ2v) is 5.85. The summed E-state index contributed by atoms with van der Waals surface area (Å²) in [5, 5.41) is 2.94. The first-order valence-electron chi connectivity index (χ1n) is 7.32. The zero-order valence-electron chi connectivity index (χ0n) is 12.7. The van der Waals surface area contributed by atoms with E-state index in [4.69, 9.17) is 5.73 Å². The van der Waals surface area contributed by atoms with Gasteiger partial charge in [-0.2, -0.15) is 0 Å². The van der Waals surface area contributed by atoms with Gasteiger partial charge >= 0.3 is 0 Å². The van der Waals surface area contributed by atoms with E-state index in [1.807, 2.05) is 24.3 Å². The number of nitrogens with two attached hydrogens (primary N) is 1. The first kappa shape index (κ1) is 15.5. The molecule has 0 unspecified atom stereocenters. The van der Waals surface area contributed by atoms with Crippen LogP contribution in [-0.2, 0) is 16.1 Å². The lowest BCUT2D eigenvalue weighted by Crippen LogP contribution is -2.48. The molecule has 5 nitrogen and oxygen atoms in total. The molecule has 1 aliphatic carbocycles. The number of anilines is 1. The summed E-state index contributed by atoms with van der Waals surface area (Å²) in [6, 6.07) is 7.52. The van der Waals surface area contributed by atoms with Crippen molar-refractivity contribution in [2.75, 3.05) is 12.4 Å². The second kappa shape index (κ2) is 6.26. The summed E-state index contributed by atoms with van der Waals surface area (Å²) in [7, 11) is 1.74. The van der Waals surface area contributed by atoms with Gasteiger partial charge in [-0.25, -0.2) is 0 Å². The Balaban J connectivity index is 2.13. The highest BCUT2D eigenvalue weighted by Gasteiger charge is 2.37. The fourth-order valence-electron chi connectivity index (χ4n) is 2.63. The first-order valence-corrected chi connectivity index (χ1v) is 7.32. The number of rotatable bonds is 4. The molecule has 0 spiro atoms. The zero-order valence-corrected chi connectivity index (χ0v) is 12.7. The van der Waals surface area contributed by atoms with Crippen LogP contribution in [0.4, 0.5) is 5.69 Å². The molecule has 0 radical (unpaired) electrons. The largest absolute Gasteiger partial charge is 0.342 e. The number of nitrogens with zero attached hydrogens (tertiary/aromatic N) is 1. The topological polar surface area (TPSA) is 75.4 Å². The molecule has 21 heavy (non-hydrogen) atoms. The van der Waals surface area contributed by atoms with E-state index >= 15 is 0 Å². The van der Waals surface area contributed by atoms with Gasteiger partial charge in [0.1, 0.15) is 0 Å². The van der Waals surface area contributed by atoms with Crippen molar-refractivity contribution >= 4 is 17.5 Å². The Labute approximate surface area is 125 Å². The quantitative estimate of drug-likeness (QED) is 0.888. The third-order valence-corrected chi connectivity index (χ3v) is 4.16. The Kier molecular flexibility index (Phi) is 4.63. The van der Waals surface area contributed by atoms with Crippen molar-refractivity contribution in [1.82, 2.24) is 4.90 Å². The number of hydrogen-bond donors (Lipinski definition) is 2. The number of carbonyl (C=O) groups is 2. The van der Waals surface area contributed by atoms with Crippen LogP contribution in [0.5, 0.6) is 0 Å². The maximum absolute atomic E-state index is 12.4. The molecule has 5 heteroatoms. The van der Waals surface area contributed by atoms with E-state index in [1.54, 1.807) is 11.9 Å². The minimum Gasteiger partial charge on any atom is -0.342 e. The average Bonchev–Trinajstić information content (AvgIpc) is 2.89. The standard InChI is InChI=1S/C16H23N3O2/c1-12(20)19(2)11-13-7-3-4-8-14(13)18-15(21)16(17)9-5-6-10-16/h3-4,7-8H,5-6,9-11,17H2,1-2H3,(H,18,21). The number of nitrogens with one attached hydrogen (secondary N) is 1. The molecule has 114 valence electrons. The molecule has 1 aliphatic rings. The Bertz CT molecular complexity index is 536. The highest BCUT2D eigenvalue weighted by Crippen LogP contribution is 2.29. The zero-order chi connectivity index (χ0) is 15.5. The fraction of sp³-hybridized carbons (Fsp3) is 0.500. The van der Waals surface area contributed by atoms with Gasteiger partial charge in [-0.15, -0.1) is 0 Å². The van der Waals surface area contributed by atoms with E-state index in [0.717, 1.165) is 36.9 Å². The van der Waals surface area contributed by atoms with Crippen molar-refractivity contribution in [3.05, 3.63) is 29.8 Å². The molecule has 0 aliphatic heterocycles. The predicted octanol–water partition coefficient (Wildman–Crippen LogP) is 1.87. The smallest absolute Gasteiger partial charge is 0.244 e. The number of carbonyl (C=O) groups excluding carboxylic acids is 2. The molecule has 0 aromatic heterocycles. The summed E-state index contributed by atoms with van der Waals surface area (Å²) < 4.78 is 0. The predicted molar refractivity (Wildman–Crippen MR) is 82.6 cm³/mol. The van der Waals surface area contributed by atoms with Gasteiger partial charge in [-0.3, -0.25) is 9.59 Å². The Morgan fingerprint density at radius 2 is 1.90 bits per heavy atom. The van der Waals surface area contributed by atoms with Crippen LogP contribution in [0.15, 0.2) is 24.3 Å². The second-order valence-electron chi connectivity index (χ2n) is 5.85. The van der Waals surface area contributed by atoms with Gasteiger partial charge < -0.3 is 16.0 Å². The van der Waals surface area contributed by atoms with Crippen molar-refractivity contribution in [2.24, 2.45) is 5.73 Å². The SMILES string of the molecule is CC(=O)N(C)Cc1ccccc1NC(=O)C1(N)CCCC1. The third kappa shape index (κ3) is 3.61. The molecule has 0 heterocycles. The summed E-state index contributed by atoms with van der Waals surface area (Å²) in [4.78, 5) is 25.4. The highest BCUT2D eigenvalue weighted by atomic mass is 16.2. The molecular weight excluding hydrogens is 266 g/mol. The fourth-order valence-corrected chi connectivity index (χ4v) is 2.63. The van der Waals surface area contributed by atoms with E-state index < -0.39 is 5.54 Å². The van der Waals surface area contributed by atoms with E-state index in [1.165, 1.54) is 6.92 Å². The van der Waals surface area contributed by atoms with Gasteiger partial charge in [-0.1, -0.05) is 31.0 Å². The van der Waals surface area contributed by atoms with Crippen molar-refractivity contribution in [3.8, 4) is 0 Å². The molecule has 3 N–H and O–H groups in total. The molecule has 0 atom stereocenters. The van der Waals surface area contributed by atoms with Crippen molar-refractivity contribution in [2.45, 2.75) is 44.7 Å². The first-order chi connectivity index (χ1) is 9.92. The van der Waals surface area contributed by atoms with Gasteiger partial charge in [0, 0.05) is 26.2 Å². The van der Waals surface area contributed by atoms with Crippen LogP contribution in [0.25, 0.3) is 0 Å². The summed E-state index contributed by atoms with van der Waals surface area (Å²) in [6.45, 7) is 1.98. The van der Waals surface area contributed by atoms with Crippen LogP contribution in [0.3, 0.4) is 0 Å². The lowest BCUT2D eigenvalue weighted by Gasteiger charge is -2.24. The monoisotopic (exact) mass is 289 g/mol. The molecule has 2 rings (SSSR count). The van der Waals surface area contributed by atoms with E-state index in [2.05, 4.69) is 5.32 Å². The van der Waals surface area contributed by atoms with Crippen molar-refractivity contribution < 1.29 is 9.59 Å². The summed E-state index contributed by atoms with van der Waals surface area (Å²) >= 11 is 0. The minimum atomic E-state index is -0.750. The van der Waals surface area contributed by atoms with Gasteiger partial charge in [0.15, 0.2) is 0 Å². The summed E-state index contributed by atoms with van der Waals surface area (Å²) in [5.74, 6) is -0.139. The molecule has 0 saturated heterocycles. The minimum absolute atomic E-state index is 0.0118. The summed E-state index contributed by atoms with van der Waals surface area (Å²) in [6.07, 6.45) is 3.46. The van der Waals surface area contributed by atoms with Crippen molar-refractivity contribution in [3.63, 3.8) is 0 Å². The average molecular weight is 289 g/mol. The molecule has 0 bridgehead atoms. The maximum atomic E-state index is 12.4. The Hall–Kier alpha value is -1.88. The van der Waals surface area contributed by atoms with Crippen LogP contribution in [-0.4, -0.2) is 29.3 Å². The van der Waals surface area contributed by atoms with Gasteiger partial charge in [0.25, 0.3) is 0 Å². The summed E-state index contributed by atoms with van der Waals surface area (Å²) in [5.41, 5.74) is 7.06. The Morgan fingerprint density at radius 1 is 1.29 bits per heavy atom. The van der Waals surface area contributed by atoms with E-state index in [9.17, 15) is 9.59 Å². The molecule has 1 fully saturated rings. The molecule has 2 amide bonds. The van der Waals surface area contributed by atoms with Crippen LogP contribution >= 0.6 is 0 Å². The lowest BCUT2D eigenvalue weighted by atomic mass is 9.97. The molecule has 1 saturated carbocycles. The number of benzene rings is 1. The maximum Gasteiger partial charge on any atom is 0.244 e. The normalized spacial score (nSPS) is 16.5. The molecule has 1 aromatic rings. The number of hydrogen-bond acceptors (Lipinski definition) is 3. The molecular formula is C16H23N3O2. The van der Waals surface area contributed by atoms with Gasteiger partial charge in [0.2, 0.25) is 11.8 Å². The van der Waals surface area contributed by atoms with Crippen molar-refractivity contribution in [1.29, 1.82) is 0 Å². The van der Waals surface area contributed by atoms with Gasteiger partial charge in [-0.05, 0) is 24.5 Å². The Morgan fingerprint density at radius 3 is 2.52 bits per heavy atom.